The van der Waals surface area contributed by atoms with Crippen molar-refractivity contribution in [3.63, 3.8) is 0 Å². The van der Waals surface area contributed by atoms with E-state index in [0.29, 0.717) is 5.69 Å². The molecule has 0 saturated carbocycles. The Morgan fingerprint density at radius 3 is 2.58 bits per heavy atom. The smallest absolute Gasteiger partial charge is 0.279 e. The molecule has 0 aliphatic carbocycles. The van der Waals surface area contributed by atoms with E-state index in [1.165, 1.54) is 23.8 Å². The monoisotopic (exact) mass is 456 g/mol. The molecule has 0 fully saturated rings. The fraction of sp³-hybridized carbons (Fsp3) is 0.0400. The van der Waals surface area contributed by atoms with Gasteiger partial charge in [-0.2, -0.15) is 5.10 Å². The lowest BCUT2D eigenvalue weighted by atomic mass is 10.1. The summed E-state index contributed by atoms with van der Waals surface area (Å²) in [5.41, 5.74) is 5.17. The van der Waals surface area contributed by atoms with Gasteiger partial charge in [0.05, 0.1) is 16.9 Å². The molecule has 0 aliphatic heterocycles. The summed E-state index contributed by atoms with van der Waals surface area (Å²) in [5.74, 6) is -1.20. The van der Waals surface area contributed by atoms with Crippen LogP contribution in [0, 0.1) is 17.6 Å². The molecular formula is C25H17FN4O2S. The zero-order chi connectivity index (χ0) is 22.9. The number of carbonyl (C=O) groups is 1. The average Bonchev–Trinajstić information content (AvgIpc) is 3.45. The van der Waals surface area contributed by atoms with E-state index >= 15 is 0 Å². The second kappa shape index (κ2) is 8.48. The van der Waals surface area contributed by atoms with Crippen molar-refractivity contribution in [2.75, 3.05) is 0 Å². The Bertz CT molecular complexity index is 1500. The minimum absolute atomic E-state index is 0.0323. The van der Waals surface area contributed by atoms with Crippen LogP contribution in [0.3, 0.4) is 0 Å². The van der Waals surface area contributed by atoms with Gasteiger partial charge in [0, 0.05) is 21.0 Å². The number of benzene rings is 3. The molecule has 0 unspecified atom stereocenters. The van der Waals surface area contributed by atoms with E-state index in [0.717, 1.165) is 32.6 Å². The normalized spacial score (nSPS) is 11.1. The number of nitroso groups, excluding NO2 is 1. The van der Waals surface area contributed by atoms with E-state index in [4.69, 9.17) is 0 Å². The zero-order valence-electron chi connectivity index (χ0n) is 17.4. The van der Waals surface area contributed by atoms with Gasteiger partial charge in [0.25, 0.3) is 0 Å². The van der Waals surface area contributed by atoms with Crippen LogP contribution in [-0.2, 0) is 0 Å². The van der Waals surface area contributed by atoms with Crippen LogP contribution in [0.4, 0.5) is 4.39 Å². The number of fused-ring (bicyclic) bond motifs is 1. The van der Waals surface area contributed by atoms with Crippen molar-refractivity contribution in [3.8, 4) is 22.5 Å². The number of aromatic nitrogens is 3. The highest BCUT2D eigenvalue weighted by Gasteiger charge is 2.15. The predicted octanol–water partition coefficient (Wildman–Crippen LogP) is 6.61. The largest absolute Gasteiger partial charge is 0.334 e. The Kier molecular flexibility index (Phi) is 5.35. The third kappa shape index (κ3) is 4.08. The number of amides is 1. The Balaban J connectivity index is 1.61. The number of hydrogen-bond donors (Lipinski definition) is 1. The molecule has 0 spiro atoms. The molecule has 5 aromatic rings. The van der Waals surface area contributed by atoms with E-state index in [1.54, 1.807) is 18.0 Å². The second-order valence-corrected chi connectivity index (χ2v) is 8.59. The first-order chi connectivity index (χ1) is 16.0. The molecule has 3 aromatic carbocycles. The summed E-state index contributed by atoms with van der Waals surface area (Å²) in [6.07, 6.45) is 0. The van der Waals surface area contributed by atoms with E-state index in [9.17, 15) is 14.1 Å². The minimum atomic E-state index is -0.901. The van der Waals surface area contributed by atoms with E-state index in [2.05, 4.69) is 43.6 Å². The number of aromatic amines is 1. The molecular weight excluding hydrogens is 439 g/mol. The van der Waals surface area contributed by atoms with Crippen LogP contribution in [0.15, 0.2) is 88.9 Å². The van der Waals surface area contributed by atoms with Crippen LogP contribution in [0.1, 0.15) is 16.1 Å². The fourth-order valence-corrected chi connectivity index (χ4v) is 4.62. The van der Waals surface area contributed by atoms with E-state index in [-0.39, 0.29) is 11.5 Å². The number of nitrogens with one attached hydrogen (secondary N) is 1. The summed E-state index contributed by atoms with van der Waals surface area (Å²) in [4.78, 5) is 23.1. The number of rotatable bonds is 5. The van der Waals surface area contributed by atoms with Crippen molar-refractivity contribution < 1.29 is 9.18 Å². The predicted molar refractivity (Wildman–Crippen MR) is 127 cm³/mol. The quantitative estimate of drug-likeness (QED) is 0.302. The van der Waals surface area contributed by atoms with Gasteiger partial charge >= 0.3 is 5.91 Å². The number of hydrogen-bond acceptors (Lipinski definition) is 4. The van der Waals surface area contributed by atoms with Gasteiger partial charge in [0.2, 0.25) is 0 Å². The van der Waals surface area contributed by atoms with E-state index < -0.39 is 5.91 Å². The molecule has 2 heterocycles. The van der Waals surface area contributed by atoms with Crippen molar-refractivity contribution in [2.45, 2.75) is 11.8 Å². The van der Waals surface area contributed by atoms with Gasteiger partial charge in [-0.1, -0.05) is 35.9 Å². The highest BCUT2D eigenvalue weighted by Crippen LogP contribution is 2.36. The molecule has 0 saturated heterocycles. The van der Waals surface area contributed by atoms with Crippen molar-refractivity contribution in [3.05, 3.63) is 101 Å². The maximum Gasteiger partial charge on any atom is 0.334 e. The second-order valence-electron chi connectivity index (χ2n) is 7.58. The highest BCUT2D eigenvalue weighted by molar-refractivity contribution is 7.98. The summed E-state index contributed by atoms with van der Waals surface area (Å²) < 4.78 is 16.0. The molecule has 0 radical (unpaired) electrons. The third-order valence-electron chi connectivity index (χ3n) is 5.28. The topological polar surface area (TPSA) is 80.1 Å². The average molecular weight is 457 g/mol. The van der Waals surface area contributed by atoms with Gasteiger partial charge < -0.3 is 0 Å². The molecule has 5 rings (SSSR count). The lowest BCUT2D eigenvalue weighted by Crippen LogP contribution is -1.92. The van der Waals surface area contributed by atoms with Crippen LogP contribution >= 0.6 is 11.9 Å². The van der Waals surface area contributed by atoms with Crippen LogP contribution < -0.4 is 0 Å². The van der Waals surface area contributed by atoms with Gasteiger partial charge in [0.1, 0.15) is 11.5 Å². The molecule has 1 amide bonds. The van der Waals surface area contributed by atoms with Crippen molar-refractivity contribution in [1.29, 1.82) is 0 Å². The molecule has 33 heavy (non-hydrogen) atoms. The summed E-state index contributed by atoms with van der Waals surface area (Å²) in [6, 6.07) is 24.1. The van der Waals surface area contributed by atoms with Crippen LogP contribution in [0.25, 0.3) is 33.4 Å². The van der Waals surface area contributed by atoms with Crippen LogP contribution in [0.2, 0.25) is 0 Å². The Morgan fingerprint density at radius 1 is 1.00 bits per heavy atom. The number of aryl methyl sites for hydroxylation is 1. The first-order valence-corrected chi connectivity index (χ1v) is 10.9. The van der Waals surface area contributed by atoms with Crippen molar-refractivity contribution >= 4 is 28.8 Å². The Hall–Kier alpha value is -4.04. The lowest BCUT2D eigenvalue weighted by Gasteiger charge is -2.11. The Morgan fingerprint density at radius 2 is 1.79 bits per heavy atom. The maximum atomic E-state index is 13.9. The molecule has 0 atom stereocenters. The lowest BCUT2D eigenvalue weighted by molar-refractivity contribution is 0.0996. The van der Waals surface area contributed by atoms with Crippen molar-refractivity contribution in [1.82, 2.24) is 14.2 Å². The van der Waals surface area contributed by atoms with Crippen LogP contribution in [-0.4, -0.2) is 20.1 Å². The molecule has 8 heteroatoms. The minimum Gasteiger partial charge on any atom is -0.279 e. The summed E-state index contributed by atoms with van der Waals surface area (Å²) in [5, 5.41) is 9.90. The maximum absolute atomic E-state index is 13.9. The van der Waals surface area contributed by atoms with Gasteiger partial charge in [0.15, 0.2) is 0 Å². The highest BCUT2D eigenvalue weighted by atomic mass is 32.2. The summed E-state index contributed by atoms with van der Waals surface area (Å²) >= 11 is 1.55. The van der Waals surface area contributed by atoms with E-state index in [1.807, 2.05) is 37.3 Å². The molecule has 1 N–H and O–H groups in total. The number of carbonyl (C=O) groups excluding carboxylic acids is 1. The Labute approximate surface area is 192 Å². The molecule has 0 bridgehead atoms. The molecule has 6 nitrogen and oxygen atoms in total. The fourth-order valence-electron chi connectivity index (χ4n) is 3.63. The van der Waals surface area contributed by atoms with Gasteiger partial charge in [-0.25, -0.2) is 4.39 Å². The SMILES string of the molecule is Cc1ccc(Sn2c(-c3cccc(-c4cc(C(=O)N=O)[nH]n4)c3)cc3cc(F)ccc32)cc1. The summed E-state index contributed by atoms with van der Waals surface area (Å²) in [7, 11) is 0. The molecule has 162 valence electrons. The first-order valence-electron chi connectivity index (χ1n) is 10.1. The van der Waals surface area contributed by atoms with Gasteiger partial charge in [-0.3, -0.25) is 13.9 Å². The van der Waals surface area contributed by atoms with Gasteiger partial charge in [-0.05, 0) is 73.0 Å². The zero-order valence-corrected chi connectivity index (χ0v) is 18.3. The standard InChI is InChI=1S/C25H17FN4O2S/c1-15-5-8-20(9-6-15)33-30-23-10-7-19(26)12-18(23)13-24(30)17-4-2-3-16(11-17)21-14-22(28-27-21)25(31)29-32/h2-14H,1H3,(H,27,28). The third-order valence-corrected chi connectivity index (χ3v) is 6.34. The molecule has 0 aliphatic rings. The summed E-state index contributed by atoms with van der Waals surface area (Å²) in [6.45, 7) is 2.04. The van der Waals surface area contributed by atoms with Crippen molar-refractivity contribution in [2.24, 2.45) is 5.18 Å². The number of nitrogens with zero attached hydrogens (tertiary/aromatic N) is 3. The number of H-pyrrole nitrogens is 1. The van der Waals surface area contributed by atoms with Gasteiger partial charge in [-0.15, -0.1) is 4.91 Å². The number of halogens is 1. The van der Waals surface area contributed by atoms with Crippen LogP contribution in [0.5, 0.6) is 0 Å². The molecule has 2 aromatic heterocycles. The first kappa shape index (κ1) is 20.8.